The lowest BCUT2D eigenvalue weighted by Crippen LogP contribution is -2.14. The van der Waals surface area contributed by atoms with Crippen LogP contribution in [0.4, 0.5) is 0 Å². The molecule has 1 aromatic heterocycles. The molecule has 1 heterocycles. The second-order valence-electron chi connectivity index (χ2n) is 2.96. The van der Waals surface area contributed by atoms with Gasteiger partial charge in [0.05, 0.1) is 9.86 Å². The maximum absolute atomic E-state index is 11.6. The molecule has 0 fully saturated rings. The average molecular weight is 268 g/mol. The van der Waals surface area contributed by atoms with E-state index in [1.165, 1.54) is 0 Å². The molecule has 0 saturated heterocycles. The molecule has 0 aliphatic carbocycles. The zero-order valence-corrected chi connectivity index (χ0v) is 9.08. The van der Waals surface area contributed by atoms with E-state index in [-0.39, 0.29) is 11.2 Å². The lowest BCUT2D eigenvalue weighted by molar-refractivity contribution is 0.0974. The van der Waals surface area contributed by atoms with Crippen molar-refractivity contribution in [2.24, 2.45) is 5.73 Å². The number of primary amides is 1. The molecule has 2 rings (SSSR count). The van der Waals surface area contributed by atoms with Crippen molar-refractivity contribution in [1.82, 2.24) is 0 Å². The molecule has 1 aromatic carbocycles. The lowest BCUT2D eigenvalue weighted by atomic mass is 10.2. The van der Waals surface area contributed by atoms with Crippen LogP contribution in [0.3, 0.4) is 0 Å². The molecule has 0 aliphatic rings. The number of nitrogens with two attached hydrogens (primary N) is 1. The number of hydrogen-bond acceptors (Lipinski definition) is 3. The van der Waals surface area contributed by atoms with Crippen molar-refractivity contribution in [3.05, 3.63) is 44.7 Å². The first-order valence-electron chi connectivity index (χ1n) is 4.12. The van der Waals surface area contributed by atoms with Crippen molar-refractivity contribution >= 4 is 32.8 Å². The van der Waals surface area contributed by atoms with Crippen molar-refractivity contribution in [3.63, 3.8) is 0 Å². The molecule has 0 atom stereocenters. The van der Waals surface area contributed by atoms with Gasteiger partial charge in [-0.3, -0.25) is 9.59 Å². The highest BCUT2D eigenvalue weighted by Gasteiger charge is 2.10. The minimum atomic E-state index is -0.759. The first-order chi connectivity index (χ1) is 7.09. The first-order valence-corrected chi connectivity index (χ1v) is 4.91. The van der Waals surface area contributed by atoms with Crippen LogP contribution in [0.15, 0.2) is 37.9 Å². The smallest absolute Gasteiger partial charge is 0.284 e. The Morgan fingerprint density at radius 2 is 2.13 bits per heavy atom. The van der Waals surface area contributed by atoms with Crippen LogP contribution in [-0.4, -0.2) is 5.91 Å². The SMILES string of the molecule is NC(=O)c1cc(=O)c2cccc(Br)c2o1. The maximum Gasteiger partial charge on any atom is 0.284 e. The van der Waals surface area contributed by atoms with Gasteiger partial charge in [0.25, 0.3) is 5.91 Å². The van der Waals surface area contributed by atoms with Crippen LogP contribution in [0.5, 0.6) is 0 Å². The second-order valence-corrected chi connectivity index (χ2v) is 3.81. The van der Waals surface area contributed by atoms with Gasteiger partial charge in [-0.15, -0.1) is 0 Å². The molecule has 0 spiro atoms. The van der Waals surface area contributed by atoms with Crippen LogP contribution in [-0.2, 0) is 0 Å². The molecule has 0 radical (unpaired) electrons. The van der Waals surface area contributed by atoms with E-state index in [4.69, 9.17) is 10.2 Å². The largest absolute Gasteiger partial charge is 0.449 e. The number of carbonyl (C=O) groups is 1. The predicted molar refractivity (Wildman–Crippen MR) is 58.7 cm³/mol. The molecule has 0 bridgehead atoms. The molecule has 2 N–H and O–H groups in total. The standard InChI is InChI=1S/C10H6BrNO3/c11-6-3-1-2-5-7(13)4-8(10(12)14)15-9(5)6/h1-4H,(H2,12,14). The van der Waals surface area contributed by atoms with Gasteiger partial charge >= 0.3 is 0 Å². The Labute approximate surface area is 92.8 Å². The Bertz CT molecular complexity index is 603. The highest BCUT2D eigenvalue weighted by Crippen LogP contribution is 2.22. The van der Waals surface area contributed by atoms with E-state index in [9.17, 15) is 9.59 Å². The van der Waals surface area contributed by atoms with E-state index in [1.807, 2.05) is 0 Å². The number of para-hydroxylation sites is 1. The third-order valence-corrected chi connectivity index (χ3v) is 2.57. The van der Waals surface area contributed by atoms with Crippen molar-refractivity contribution < 1.29 is 9.21 Å². The first kappa shape index (κ1) is 9.92. The van der Waals surface area contributed by atoms with Gasteiger partial charge < -0.3 is 10.2 Å². The summed E-state index contributed by atoms with van der Waals surface area (Å²) in [7, 11) is 0. The highest BCUT2D eigenvalue weighted by molar-refractivity contribution is 9.10. The van der Waals surface area contributed by atoms with E-state index < -0.39 is 5.91 Å². The van der Waals surface area contributed by atoms with E-state index in [2.05, 4.69) is 15.9 Å². The molecule has 0 saturated carbocycles. The molecular weight excluding hydrogens is 262 g/mol. The normalized spacial score (nSPS) is 10.5. The number of benzene rings is 1. The second kappa shape index (κ2) is 3.51. The van der Waals surface area contributed by atoms with Gasteiger partial charge in [-0.05, 0) is 28.1 Å². The summed E-state index contributed by atoms with van der Waals surface area (Å²) < 4.78 is 5.82. The molecular formula is C10H6BrNO3. The minimum Gasteiger partial charge on any atom is -0.449 e. The number of hydrogen-bond donors (Lipinski definition) is 1. The van der Waals surface area contributed by atoms with Crippen LogP contribution >= 0.6 is 15.9 Å². The number of halogens is 1. The zero-order valence-electron chi connectivity index (χ0n) is 7.49. The summed E-state index contributed by atoms with van der Waals surface area (Å²) in [6.07, 6.45) is 0. The van der Waals surface area contributed by atoms with Crippen LogP contribution in [0.2, 0.25) is 0 Å². The third-order valence-electron chi connectivity index (χ3n) is 1.95. The molecule has 1 amide bonds. The summed E-state index contributed by atoms with van der Waals surface area (Å²) in [4.78, 5) is 22.5. The van der Waals surface area contributed by atoms with E-state index in [0.717, 1.165) is 6.07 Å². The number of amides is 1. The van der Waals surface area contributed by atoms with Gasteiger partial charge in [0.15, 0.2) is 16.8 Å². The average Bonchev–Trinajstić information content (AvgIpc) is 2.19. The number of fused-ring (bicyclic) bond motifs is 1. The maximum atomic E-state index is 11.6. The summed E-state index contributed by atoms with van der Waals surface area (Å²) >= 11 is 3.23. The molecule has 0 aliphatic heterocycles. The van der Waals surface area contributed by atoms with Gasteiger partial charge in [0.1, 0.15) is 0 Å². The minimum absolute atomic E-state index is 0.139. The Morgan fingerprint density at radius 1 is 1.40 bits per heavy atom. The molecule has 76 valence electrons. The Kier molecular flexibility index (Phi) is 2.32. The van der Waals surface area contributed by atoms with Crippen LogP contribution < -0.4 is 11.2 Å². The quantitative estimate of drug-likeness (QED) is 0.854. The van der Waals surface area contributed by atoms with Crippen molar-refractivity contribution in [1.29, 1.82) is 0 Å². The van der Waals surface area contributed by atoms with Crippen LogP contribution in [0, 0.1) is 0 Å². The summed E-state index contributed by atoms with van der Waals surface area (Å²) in [6.45, 7) is 0. The van der Waals surface area contributed by atoms with Crippen molar-refractivity contribution in [3.8, 4) is 0 Å². The summed E-state index contributed by atoms with van der Waals surface area (Å²) in [5, 5.41) is 0.411. The van der Waals surface area contributed by atoms with Gasteiger partial charge in [-0.1, -0.05) is 6.07 Å². The van der Waals surface area contributed by atoms with E-state index >= 15 is 0 Å². The van der Waals surface area contributed by atoms with E-state index in [1.54, 1.807) is 18.2 Å². The fourth-order valence-electron chi connectivity index (χ4n) is 1.26. The Morgan fingerprint density at radius 3 is 2.80 bits per heavy atom. The highest BCUT2D eigenvalue weighted by atomic mass is 79.9. The monoisotopic (exact) mass is 267 g/mol. The topological polar surface area (TPSA) is 73.3 Å². The van der Waals surface area contributed by atoms with Crippen LogP contribution in [0.25, 0.3) is 11.0 Å². The third kappa shape index (κ3) is 1.66. The predicted octanol–water partition coefficient (Wildman–Crippen LogP) is 1.65. The lowest BCUT2D eigenvalue weighted by Gasteiger charge is -2.00. The van der Waals surface area contributed by atoms with E-state index in [0.29, 0.717) is 15.4 Å². The summed E-state index contributed by atoms with van der Waals surface area (Å²) in [5.41, 5.74) is 5.08. The Hall–Kier alpha value is -1.62. The number of rotatable bonds is 1. The summed E-state index contributed by atoms with van der Waals surface area (Å²) in [5.74, 6) is -0.899. The molecule has 4 nitrogen and oxygen atoms in total. The Balaban J connectivity index is 2.92. The fourth-order valence-corrected chi connectivity index (χ4v) is 1.71. The van der Waals surface area contributed by atoms with Crippen molar-refractivity contribution in [2.45, 2.75) is 0 Å². The molecule has 5 heteroatoms. The molecule has 0 unspecified atom stereocenters. The van der Waals surface area contributed by atoms with Crippen LogP contribution in [0.1, 0.15) is 10.6 Å². The van der Waals surface area contributed by atoms with Gasteiger partial charge in [-0.2, -0.15) is 0 Å². The molecule has 15 heavy (non-hydrogen) atoms. The van der Waals surface area contributed by atoms with Gasteiger partial charge in [0.2, 0.25) is 0 Å². The van der Waals surface area contributed by atoms with Crippen molar-refractivity contribution in [2.75, 3.05) is 0 Å². The zero-order chi connectivity index (χ0) is 11.0. The number of carbonyl (C=O) groups excluding carboxylic acids is 1. The summed E-state index contributed by atoms with van der Waals surface area (Å²) in [6, 6.07) is 6.15. The fraction of sp³-hybridized carbons (Fsp3) is 0. The van der Waals surface area contributed by atoms with Gasteiger partial charge in [0, 0.05) is 6.07 Å². The molecule has 2 aromatic rings. The van der Waals surface area contributed by atoms with Gasteiger partial charge in [-0.25, -0.2) is 0 Å².